The summed E-state index contributed by atoms with van der Waals surface area (Å²) in [5.41, 5.74) is 2.54. The summed E-state index contributed by atoms with van der Waals surface area (Å²) in [6.45, 7) is 2.11. The lowest BCUT2D eigenvalue weighted by molar-refractivity contribution is 0.215. The van der Waals surface area contributed by atoms with Crippen LogP contribution in [0.15, 0.2) is 47.8 Å². The molecule has 1 aliphatic rings. The average Bonchev–Trinajstić information content (AvgIpc) is 3.11. The summed E-state index contributed by atoms with van der Waals surface area (Å²) in [5.74, 6) is 0.349. The van der Waals surface area contributed by atoms with Gasteiger partial charge in [0.2, 0.25) is 0 Å². The van der Waals surface area contributed by atoms with E-state index in [4.69, 9.17) is 9.47 Å². The summed E-state index contributed by atoms with van der Waals surface area (Å²) in [6, 6.07) is 11.9. The number of nitrogens with zero attached hydrogens (tertiary/aromatic N) is 1. The molecule has 0 fully saturated rings. The van der Waals surface area contributed by atoms with E-state index in [1.54, 1.807) is 18.4 Å². The van der Waals surface area contributed by atoms with Crippen molar-refractivity contribution >= 4 is 11.3 Å². The van der Waals surface area contributed by atoms with Gasteiger partial charge in [-0.25, -0.2) is 8.78 Å². The van der Waals surface area contributed by atoms with Gasteiger partial charge in [-0.3, -0.25) is 4.90 Å². The maximum Gasteiger partial charge on any atom is 0.165 e. The fraction of sp³-hybridized carbons (Fsp3) is 0.238. The first-order valence-corrected chi connectivity index (χ1v) is 9.56. The SMILES string of the molecule is COc1cc(-c2cccs2)cc2c1OCCN(Cc1ccc(F)cc1F)C2. The lowest BCUT2D eigenvalue weighted by Gasteiger charge is -2.20. The maximum absolute atomic E-state index is 14.1. The lowest BCUT2D eigenvalue weighted by atomic mass is 10.1. The van der Waals surface area contributed by atoms with Gasteiger partial charge in [-0.15, -0.1) is 11.3 Å². The largest absolute Gasteiger partial charge is 0.493 e. The highest BCUT2D eigenvalue weighted by Gasteiger charge is 2.21. The zero-order valence-corrected chi connectivity index (χ0v) is 15.7. The van der Waals surface area contributed by atoms with Crippen LogP contribution in [0, 0.1) is 11.6 Å². The minimum absolute atomic E-state index is 0.389. The predicted octanol–water partition coefficient (Wildman–Crippen LogP) is 5.10. The Bertz CT molecular complexity index is 944. The maximum atomic E-state index is 14.1. The zero-order valence-electron chi connectivity index (χ0n) is 14.9. The number of thiophene rings is 1. The van der Waals surface area contributed by atoms with Crippen molar-refractivity contribution in [3.63, 3.8) is 0 Å². The number of hydrogen-bond acceptors (Lipinski definition) is 4. The molecule has 1 aromatic heterocycles. The van der Waals surface area contributed by atoms with E-state index in [0.717, 1.165) is 27.8 Å². The molecule has 0 unspecified atom stereocenters. The van der Waals surface area contributed by atoms with Crippen molar-refractivity contribution in [3.05, 3.63) is 70.6 Å². The first-order valence-electron chi connectivity index (χ1n) is 8.68. The highest BCUT2D eigenvalue weighted by molar-refractivity contribution is 7.13. The molecule has 3 aromatic rings. The number of ether oxygens (including phenoxy) is 2. The fourth-order valence-electron chi connectivity index (χ4n) is 3.30. The molecule has 0 spiro atoms. The standard InChI is InChI=1S/C21H19F2NO2S/c1-25-19-10-15(20-3-2-8-27-20)9-16-13-24(6-7-26-21(16)19)12-14-4-5-17(22)11-18(14)23/h2-5,8-11H,6-7,12-13H2,1H3. The van der Waals surface area contributed by atoms with Crippen LogP contribution in [0.5, 0.6) is 11.5 Å². The molecule has 0 saturated carbocycles. The number of benzene rings is 2. The zero-order chi connectivity index (χ0) is 18.8. The normalized spacial score (nSPS) is 14.3. The van der Waals surface area contributed by atoms with E-state index >= 15 is 0 Å². The smallest absolute Gasteiger partial charge is 0.165 e. The number of rotatable bonds is 4. The third-order valence-electron chi connectivity index (χ3n) is 4.61. The molecule has 3 nitrogen and oxygen atoms in total. The van der Waals surface area contributed by atoms with Crippen molar-refractivity contribution in [2.75, 3.05) is 20.3 Å². The van der Waals surface area contributed by atoms with Gasteiger partial charge in [0, 0.05) is 41.7 Å². The highest BCUT2D eigenvalue weighted by Crippen LogP contribution is 2.39. The number of methoxy groups -OCH3 is 1. The van der Waals surface area contributed by atoms with E-state index in [1.165, 1.54) is 12.1 Å². The molecule has 0 bridgehead atoms. The molecule has 1 aliphatic heterocycles. The van der Waals surface area contributed by atoms with E-state index in [-0.39, 0.29) is 0 Å². The summed E-state index contributed by atoms with van der Waals surface area (Å²) < 4.78 is 38.7. The molecular formula is C21H19F2NO2S. The number of fused-ring (bicyclic) bond motifs is 1. The topological polar surface area (TPSA) is 21.7 Å². The second-order valence-electron chi connectivity index (χ2n) is 6.44. The Hall–Kier alpha value is -2.44. The van der Waals surface area contributed by atoms with Crippen LogP contribution in [0.3, 0.4) is 0 Å². The highest BCUT2D eigenvalue weighted by atomic mass is 32.1. The second-order valence-corrected chi connectivity index (χ2v) is 7.39. The van der Waals surface area contributed by atoms with Gasteiger partial charge in [-0.1, -0.05) is 12.1 Å². The van der Waals surface area contributed by atoms with Crippen LogP contribution in [0.25, 0.3) is 10.4 Å². The van der Waals surface area contributed by atoms with Gasteiger partial charge in [-0.05, 0) is 35.2 Å². The van der Waals surface area contributed by atoms with Gasteiger partial charge in [0.05, 0.1) is 7.11 Å². The Morgan fingerprint density at radius 1 is 1.19 bits per heavy atom. The molecule has 2 heterocycles. The molecule has 27 heavy (non-hydrogen) atoms. The molecule has 6 heteroatoms. The van der Waals surface area contributed by atoms with E-state index < -0.39 is 11.6 Å². The molecule has 0 saturated heterocycles. The Morgan fingerprint density at radius 3 is 2.81 bits per heavy atom. The molecule has 0 atom stereocenters. The molecule has 0 N–H and O–H groups in total. The van der Waals surface area contributed by atoms with Gasteiger partial charge in [0.1, 0.15) is 18.2 Å². The average molecular weight is 387 g/mol. The van der Waals surface area contributed by atoms with Crippen LogP contribution in [0.2, 0.25) is 0 Å². The van der Waals surface area contributed by atoms with Crippen molar-refractivity contribution in [2.45, 2.75) is 13.1 Å². The second kappa shape index (κ2) is 7.66. The van der Waals surface area contributed by atoms with Gasteiger partial charge >= 0.3 is 0 Å². The van der Waals surface area contributed by atoms with Crippen LogP contribution in [0.1, 0.15) is 11.1 Å². The van der Waals surface area contributed by atoms with Gasteiger partial charge in [0.15, 0.2) is 11.5 Å². The fourth-order valence-corrected chi connectivity index (χ4v) is 4.02. The Kier molecular flexibility index (Phi) is 5.09. The third kappa shape index (κ3) is 3.82. The van der Waals surface area contributed by atoms with Crippen LogP contribution < -0.4 is 9.47 Å². The van der Waals surface area contributed by atoms with Crippen LogP contribution in [0.4, 0.5) is 8.78 Å². The van der Waals surface area contributed by atoms with Crippen molar-refractivity contribution < 1.29 is 18.3 Å². The Labute approximate surface area is 160 Å². The van der Waals surface area contributed by atoms with Gasteiger partial charge in [0.25, 0.3) is 0 Å². The van der Waals surface area contributed by atoms with Crippen molar-refractivity contribution in [1.82, 2.24) is 4.90 Å². The summed E-state index contributed by atoms with van der Waals surface area (Å²) in [5, 5.41) is 2.04. The summed E-state index contributed by atoms with van der Waals surface area (Å²) in [4.78, 5) is 3.25. The number of hydrogen-bond donors (Lipinski definition) is 0. The molecule has 4 rings (SSSR count). The molecule has 140 valence electrons. The van der Waals surface area contributed by atoms with E-state index in [9.17, 15) is 8.78 Å². The molecule has 0 amide bonds. The monoisotopic (exact) mass is 387 g/mol. The minimum Gasteiger partial charge on any atom is -0.493 e. The quantitative estimate of drug-likeness (QED) is 0.622. The molecule has 0 aliphatic carbocycles. The minimum atomic E-state index is -0.564. The molecular weight excluding hydrogens is 368 g/mol. The predicted molar refractivity (Wildman–Crippen MR) is 102 cm³/mol. The van der Waals surface area contributed by atoms with Gasteiger partial charge < -0.3 is 9.47 Å². The van der Waals surface area contributed by atoms with E-state index in [2.05, 4.69) is 17.0 Å². The van der Waals surface area contributed by atoms with E-state index in [1.807, 2.05) is 17.5 Å². The first kappa shape index (κ1) is 17.9. The number of halogens is 2. The van der Waals surface area contributed by atoms with E-state index in [0.29, 0.717) is 37.6 Å². The van der Waals surface area contributed by atoms with Crippen molar-refractivity contribution in [3.8, 4) is 21.9 Å². The molecule has 2 aromatic carbocycles. The first-order chi connectivity index (χ1) is 13.1. The van der Waals surface area contributed by atoms with Gasteiger partial charge in [-0.2, -0.15) is 0 Å². The summed E-state index contributed by atoms with van der Waals surface area (Å²) in [7, 11) is 1.63. The third-order valence-corrected chi connectivity index (χ3v) is 5.53. The summed E-state index contributed by atoms with van der Waals surface area (Å²) >= 11 is 1.66. The van der Waals surface area contributed by atoms with Crippen LogP contribution in [-0.2, 0) is 13.1 Å². The lowest BCUT2D eigenvalue weighted by Crippen LogP contribution is -2.25. The van der Waals surface area contributed by atoms with Crippen molar-refractivity contribution in [1.29, 1.82) is 0 Å². The Morgan fingerprint density at radius 2 is 2.07 bits per heavy atom. The molecule has 0 radical (unpaired) electrons. The van der Waals surface area contributed by atoms with Crippen LogP contribution in [-0.4, -0.2) is 25.2 Å². The van der Waals surface area contributed by atoms with Crippen LogP contribution >= 0.6 is 11.3 Å². The van der Waals surface area contributed by atoms with Crippen molar-refractivity contribution in [2.24, 2.45) is 0 Å². The Balaban J connectivity index is 1.65. The summed E-state index contributed by atoms with van der Waals surface area (Å²) in [6.07, 6.45) is 0.